The molecule has 5 nitrogen and oxygen atoms in total. The summed E-state index contributed by atoms with van der Waals surface area (Å²) in [7, 11) is 0. The van der Waals surface area contributed by atoms with Crippen LogP contribution in [0.2, 0.25) is 0 Å². The number of pyridine rings is 1. The van der Waals surface area contributed by atoms with Crippen LogP contribution in [0.3, 0.4) is 0 Å². The smallest absolute Gasteiger partial charge is 0.360 e. The lowest BCUT2D eigenvalue weighted by molar-refractivity contribution is 0.102. The van der Waals surface area contributed by atoms with Crippen LogP contribution in [0.4, 0.5) is 5.69 Å². The summed E-state index contributed by atoms with van der Waals surface area (Å²) in [5.41, 5.74) is 0.658. The van der Waals surface area contributed by atoms with E-state index < -0.39 is 5.63 Å². The number of nitrogens with one attached hydrogen (secondary N) is 1. The minimum Gasteiger partial charge on any atom is -0.421 e. The van der Waals surface area contributed by atoms with Crippen molar-refractivity contribution in [2.24, 2.45) is 0 Å². The van der Waals surface area contributed by atoms with Gasteiger partial charge in [-0.15, -0.1) is 0 Å². The molecule has 108 valence electrons. The molecule has 0 atom stereocenters. The highest BCUT2D eigenvalue weighted by atomic mass is 16.4. The first-order valence-electron chi connectivity index (χ1n) is 6.65. The molecule has 1 N–H and O–H groups in total. The van der Waals surface area contributed by atoms with Crippen LogP contribution in [0.25, 0.3) is 11.3 Å². The summed E-state index contributed by atoms with van der Waals surface area (Å²) in [6.07, 6.45) is 3.23. The molecule has 0 radical (unpaired) electrons. The normalized spacial score (nSPS) is 10.2. The molecular weight excluding hydrogens is 280 g/mol. The van der Waals surface area contributed by atoms with Gasteiger partial charge in [0, 0.05) is 23.5 Å². The van der Waals surface area contributed by atoms with Crippen molar-refractivity contribution in [3.63, 3.8) is 0 Å². The number of benzene rings is 1. The highest BCUT2D eigenvalue weighted by molar-refractivity contribution is 6.04. The summed E-state index contributed by atoms with van der Waals surface area (Å²) in [6.45, 7) is 0. The molecular formula is C17H12N2O3. The zero-order valence-corrected chi connectivity index (χ0v) is 11.5. The van der Waals surface area contributed by atoms with E-state index in [2.05, 4.69) is 10.3 Å². The number of carbonyl (C=O) groups excluding carboxylic acids is 1. The predicted octanol–water partition coefficient (Wildman–Crippen LogP) is 2.95. The van der Waals surface area contributed by atoms with E-state index in [1.807, 2.05) is 6.07 Å². The lowest BCUT2D eigenvalue weighted by Gasteiger charge is -2.05. The summed E-state index contributed by atoms with van der Waals surface area (Å²) in [4.78, 5) is 28.0. The zero-order chi connectivity index (χ0) is 15.4. The summed E-state index contributed by atoms with van der Waals surface area (Å²) < 4.78 is 5.22. The van der Waals surface area contributed by atoms with Gasteiger partial charge in [0.05, 0.1) is 0 Å². The minimum atomic E-state index is -0.606. The molecule has 0 saturated heterocycles. The second-order valence-corrected chi connectivity index (χ2v) is 4.56. The summed E-state index contributed by atoms with van der Waals surface area (Å²) in [6, 6.07) is 15.3. The third-order valence-corrected chi connectivity index (χ3v) is 3.05. The lowest BCUT2D eigenvalue weighted by atomic mass is 10.2. The Labute approximate surface area is 126 Å². The summed E-state index contributed by atoms with van der Waals surface area (Å²) in [5, 5.41) is 2.54. The Morgan fingerprint density at radius 2 is 1.82 bits per heavy atom. The quantitative estimate of drug-likeness (QED) is 0.805. The van der Waals surface area contributed by atoms with E-state index in [9.17, 15) is 9.59 Å². The Bertz CT molecular complexity index is 843. The Kier molecular flexibility index (Phi) is 3.78. The maximum Gasteiger partial charge on any atom is 0.360 e. The van der Waals surface area contributed by atoms with Crippen molar-refractivity contribution in [2.45, 2.75) is 0 Å². The molecule has 0 aliphatic rings. The average Bonchev–Trinajstić information content (AvgIpc) is 2.58. The van der Waals surface area contributed by atoms with Gasteiger partial charge < -0.3 is 9.73 Å². The van der Waals surface area contributed by atoms with Crippen molar-refractivity contribution >= 4 is 11.6 Å². The molecule has 5 heteroatoms. The molecule has 0 bridgehead atoms. The van der Waals surface area contributed by atoms with Crippen LogP contribution in [0.5, 0.6) is 0 Å². The molecule has 0 saturated carbocycles. The predicted molar refractivity (Wildman–Crippen MR) is 82.6 cm³/mol. The van der Waals surface area contributed by atoms with Crippen molar-refractivity contribution in [1.82, 2.24) is 4.98 Å². The second-order valence-electron chi connectivity index (χ2n) is 4.56. The fourth-order valence-corrected chi connectivity index (χ4v) is 1.96. The van der Waals surface area contributed by atoms with Crippen molar-refractivity contribution in [2.75, 3.05) is 5.32 Å². The van der Waals surface area contributed by atoms with Crippen LogP contribution in [-0.2, 0) is 0 Å². The van der Waals surface area contributed by atoms with Crippen molar-refractivity contribution in [3.05, 3.63) is 83.0 Å². The van der Waals surface area contributed by atoms with Crippen LogP contribution in [0, 0.1) is 0 Å². The van der Waals surface area contributed by atoms with Gasteiger partial charge in [-0.05, 0) is 36.4 Å². The van der Waals surface area contributed by atoms with Crippen LogP contribution in [-0.4, -0.2) is 10.9 Å². The van der Waals surface area contributed by atoms with Gasteiger partial charge in [-0.25, -0.2) is 4.79 Å². The number of anilines is 1. The Morgan fingerprint density at radius 3 is 2.50 bits per heavy atom. The van der Waals surface area contributed by atoms with E-state index in [0.29, 0.717) is 16.9 Å². The van der Waals surface area contributed by atoms with Gasteiger partial charge >= 0.3 is 5.63 Å². The molecule has 1 amide bonds. The van der Waals surface area contributed by atoms with E-state index in [1.165, 1.54) is 6.07 Å². The number of hydrogen-bond donors (Lipinski definition) is 1. The van der Waals surface area contributed by atoms with E-state index in [-0.39, 0.29) is 11.6 Å². The first-order valence-corrected chi connectivity index (χ1v) is 6.65. The molecule has 2 aromatic heterocycles. The van der Waals surface area contributed by atoms with Crippen LogP contribution >= 0.6 is 0 Å². The molecule has 0 unspecified atom stereocenters. The highest BCUT2D eigenvalue weighted by Gasteiger charge is 2.10. The molecule has 0 aliphatic carbocycles. The SMILES string of the molecule is O=C(Nc1ccc(-c2cccnc2)oc1=O)c1ccccc1. The first-order chi connectivity index (χ1) is 10.7. The molecule has 3 aromatic rings. The molecule has 0 spiro atoms. The van der Waals surface area contributed by atoms with Gasteiger partial charge in [0.25, 0.3) is 5.91 Å². The number of nitrogens with zero attached hydrogens (tertiary/aromatic N) is 1. The fraction of sp³-hybridized carbons (Fsp3) is 0. The number of amides is 1. The molecule has 1 aromatic carbocycles. The van der Waals surface area contributed by atoms with E-state index in [4.69, 9.17) is 4.42 Å². The molecule has 0 aliphatic heterocycles. The van der Waals surface area contributed by atoms with Gasteiger partial charge in [0.15, 0.2) is 0 Å². The monoisotopic (exact) mass is 292 g/mol. The standard InChI is InChI=1S/C17H12N2O3/c20-16(12-5-2-1-3-6-12)19-14-8-9-15(22-17(14)21)13-7-4-10-18-11-13/h1-11H,(H,19,20). The fourth-order valence-electron chi connectivity index (χ4n) is 1.96. The summed E-state index contributed by atoms with van der Waals surface area (Å²) >= 11 is 0. The number of carbonyl (C=O) groups is 1. The van der Waals surface area contributed by atoms with Crippen molar-refractivity contribution < 1.29 is 9.21 Å². The average molecular weight is 292 g/mol. The maximum atomic E-state index is 12.0. The summed E-state index contributed by atoms with van der Waals surface area (Å²) in [5.74, 6) is 0.0397. The zero-order valence-electron chi connectivity index (χ0n) is 11.5. The van der Waals surface area contributed by atoms with Gasteiger partial charge in [-0.2, -0.15) is 0 Å². The third kappa shape index (κ3) is 2.93. The second kappa shape index (κ2) is 6.05. The van der Waals surface area contributed by atoms with Crippen LogP contribution in [0.15, 0.2) is 76.2 Å². The Hall–Kier alpha value is -3.21. The molecule has 3 rings (SSSR count). The highest BCUT2D eigenvalue weighted by Crippen LogP contribution is 2.17. The van der Waals surface area contributed by atoms with Gasteiger partial charge in [-0.1, -0.05) is 18.2 Å². The van der Waals surface area contributed by atoms with Gasteiger partial charge in [-0.3, -0.25) is 9.78 Å². The lowest BCUT2D eigenvalue weighted by Crippen LogP contribution is -2.17. The Balaban J connectivity index is 1.85. The molecule has 0 fully saturated rings. The maximum absolute atomic E-state index is 12.0. The van der Waals surface area contributed by atoms with E-state index >= 15 is 0 Å². The molecule has 2 heterocycles. The number of hydrogen-bond acceptors (Lipinski definition) is 4. The number of aromatic nitrogens is 1. The first kappa shape index (κ1) is 13.8. The van der Waals surface area contributed by atoms with Crippen molar-refractivity contribution in [1.29, 1.82) is 0 Å². The van der Waals surface area contributed by atoms with E-state index in [1.54, 1.807) is 54.9 Å². The number of rotatable bonds is 3. The minimum absolute atomic E-state index is 0.0986. The van der Waals surface area contributed by atoms with Crippen LogP contribution in [0.1, 0.15) is 10.4 Å². The topological polar surface area (TPSA) is 72.2 Å². The van der Waals surface area contributed by atoms with Crippen LogP contribution < -0.4 is 10.9 Å². The third-order valence-electron chi connectivity index (χ3n) is 3.05. The van der Waals surface area contributed by atoms with Gasteiger partial charge in [0.1, 0.15) is 11.4 Å². The van der Waals surface area contributed by atoms with Crippen molar-refractivity contribution in [3.8, 4) is 11.3 Å². The largest absolute Gasteiger partial charge is 0.421 e. The Morgan fingerprint density at radius 1 is 1.00 bits per heavy atom. The van der Waals surface area contributed by atoms with E-state index in [0.717, 1.165) is 0 Å². The molecule has 22 heavy (non-hydrogen) atoms. The van der Waals surface area contributed by atoms with Gasteiger partial charge in [0.2, 0.25) is 0 Å².